The van der Waals surface area contributed by atoms with Crippen molar-refractivity contribution in [3.63, 3.8) is 0 Å². The van der Waals surface area contributed by atoms with E-state index in [9.17, 15) is 0 Å². The molecule has 1 aromatic rings. The van der Waals surface area contributed by atoms with Gasteiger partial charge < -0.3 is 10.5 Å². The molecule has 1 heterocycles. The highest BCUT2D eigenvalue weighted by Crippen LogP contribution is 2.15. The van der Waals surface area contributed by atoms with Crippen LogP contribution in [0.4, 0.5) is 0 Å². The van der Waals surface area contributed by atoms with Gasteiger partial charge in [-0.3, -0.25) is 15.3 Å². The molecular weight excluding hydrogens is 240 g/mol. The summed E-state index contributed by atoms with van der Waals surface area (Å²) in [6, 6.07) is 3.87. The zero-order valence-corrected chi connectivity index (χ0v) is 12.2. The summed E-state index contributed by atoms with van der Waals surface area (Å²) in [5.74, 6) is 1.12. The van der Waals surface area contributed by atoms with Gasteiger partial charge >= 0.3 is 0 Å². The fourth-order valence-corrected chi connectivity index (χ4v) is 1.92. The highest BCUT2D eigenvalue weighted by molar-refractivity contribution is 5.79. The number of ether oxygens (including phenoxy) is 1. The summed E-state index contributed by atoms with van der Waals surface area (Å²) in [5, 5.41) is 7.46. The zero-order chi connectivity index (χ0) is 14.4. The number of methoxy groups -OCH3 is 1. The van der Waals surface area contributed by atoms with Crippen LogP contribution in [0.1, 0.15) is 25.2 Å². The molecule has 1 atom stereocenters. The van der Waals surface area contributed by atoms with Crippen molar-refractivity contribution in [3.8, 4) is 5.75 Å². The number of amidine groups is 1. The molecule has 0 aliphatic rings. The number of rotatable bonds is 7. The molecule has 0 radical (unpaired) electrons. The Bertz CT molecular complexity index is 433. The third-order valence-corrected chi connectivity index (χ3v) is 3.11. The summed E-state index contributed by atoms with van der Waals surface area (Å²) in [6.45, 7) is 8.43. The van der Waals surface area contributed by atoms with E-state index in [4.69, 9.17) is 15.9 Å². The number of hydrogen-bond donors (Lipinski definition) is 2. The predicted molar refractivity (Wildman–Crippen MR) is 77.6 cm³/mol. The molecule has 0 aliphatic heterocycles. The molecule has 1 aromatic heterocycles. The molecule has 0 bridgehead atoms. The van der Waals surface area contributed by atoms with E-state index in [1.54, 1.807) is 7.11 Å². The summed E-state index contributed by atoms with van der Waals surface area (Å²) < 4.78 is 5.26. The van der Waals surface area contributed by atoms with Crippen LogP contribution in [-0.4, -0.2) is 35.9 Å². The van der Waals surface area contributed by atoms with Gasteiger partial charge in [0, 0.05) is 36.8 Å². The fraction of sp³-hybridized carbons (Fsp3) is 0.571. The smallest absolute Gasteiger partial charge is 0.122 e. The number of nitrogens with two attached hydrogens (primary N) is 1. The highest BCUT2D eigenvalue weighted by atomic mass is 16.5. The first-order valence-corrected chi connectivity index (χ1v) is 6.54. The van der Waals surface area contributed by atoms with Crippen molar-refractivity contribution < 1.29 is 4.74 Å². The Morgan fingerprint density at radius 3 is 2.74 bits per heavy atom. The van der Waals surface area contributed by atoms with E-state index in [0.29, 0.717) is 0 Å². The molecule has 1 rings (SSSR count). The van der Waals surface area contributed by atoms with Crippen molar-refractivity contribution in [3.05, 3.63) is 23.5 Å². The van der Waals surface area contributed by atoms with E-state index < -0.39 is 0 Å². The molecule has 3 N–H and O–H groups in total. The monoisotopic (exact) mass is 264 g/mol. The van der Waals surface area contributed by atoms with Crippen molar-refractivity contribution in [1.29, 1.82) is 5.41 Å². The van der Waals surface area contributed by atoms with E-state index in [1.807, 2.05) is 26.0 Å². The van der Waals surface area contributed by atoms with Crippen molar-refractivity contribution in [1.82, 2.24) is 9.88 Å². The Morgan fingerprint density at radius 1 is 1.53 bits per heavy atom. The standard InChI is InChI=1S/C14H24N4O/c1-5-18(8-10(2)14(15)16)9-12-7-13(19-4)6-11(3)17-12/h6-7,10H,5,8-9H2,1-4H3,(H3,15,16). The van der Waals surface area contributed by atoms with Gasteiger partial charge in [0.2, 0.25) is 0 Å². The van der Waals surface area contributed by atoms with Gasteiger partial charge in [0.05, 0.1) is 18.6 Å². The van der Waals surface area contributed by atoms with Gasteiger partial charge in [0.15, 0.2) is 0 Å². The van der Waals surface area contributed by atoms with Crippen LogP contribution in [-0.2, 0) is 6.54 Å². The maximum Gasteiger partial charge on any atom is 0.122 e. The third kappa shape index (κ3) is 4.87. The molecule has 5 heteroatoms. The fourth-order valence-electron chi connectivity index (χ4n) is 1.92. The summed E-state index contributed by atoms with van der Waals surface area (Å²) in [7, 11) is 1.66. The lowest BCUT2D eigenvalue weighted by Crippen LogP contribution is -2.34. The largest absolute Gasteiger partial charge is 0.497 e. The van der Waals surface area contributed by atoms with Crippen LogP contribution < -0.4 is 10.5 Å². The summed E-state index contributed by atoms with van der Waals surface area (Å²) >= 11 is 0. The molecule has 0 fully saturated rings. The van der Waals surface area contributed by atoms with E-state index >= 15 is 0 Å². The maximum atomic E-state index is 7.46. The van der Waals surface area contributed by atoms with Crippen LogP contribution in [0.3, 0.4) is 0 Å². The van der Waals surface area contributed by atoms with Crippen molar-refractivity contribution in [2.24, 2.45) is 11.7 Å². The number of nitrogens with one attached hydrogen (secondary N) is 1. The predicted octanol–water partition coefficient (Wildman–Crippen LogP) is 1.79. The van der Waals surface area contributed by atoms with Crippen LogP contribution in [0, 0.1) is 18.3 Å². The minimum Gasteiger partial charge on any atom is -0.497 e. The Labute approximate surface area is 115 Å². The van der Waals surface area contributed by atoms with Crippen molar-refractivity contribution in [2.45, 2.75) is 27.3 Å². The van der Waals surface area contributed by atoms with Gasteiger partial charge in [-0.1, -0.05) is 13.8 Å². The number of aromatic nitrogens is 1. The molecule has 0 aromatic carbocycles. The lowest BCUT2D eigenvalue weighted by Gasteiger charge is -2.23. The summed E-state index contributed by atoms with van der Waals surface area (Å²) in [4.78, 5) is 6.74. The molecule has 106 valence electrons. The number of aryl methyl sites for hydroxylation is 1. The first kappa shape index (κ1) is 15.4. The van der Waals surface area contributed by atoms with Crippen molar-refractivity contribution >= 4 is 5.84 Å². The SMILES string of the molecule is CCN(Cc1cc(OC)cc(C)n1)CC(C)C(=N)N. The molecule has 0 aliphatic carbocycles. The molecule has 1 unspecified atom stereocenters. The second kappa shape index (κ2) is 7.09. The number of pyridine rings is 1. The Hall–Kier alpha value is -1.62. The van der Waals surface area contributed by atoms with Gasteiger partial charge in [0.1, 0.15) is 5.75 Å². The van der Waals surface area contributed by atoms with Crippen LogP contribution in [0.25, 0.3) is 0 Å². The van der Waals surface area contributed by atoms with Gasteiger partial charge in [-0.25, -0.2) is 0 Å². The maximum absolute atomic E-state index is 7.46. The quantitative estimate of drug-likeness (QED) is 0.581. The third-order valence-electron chi connectivity index (χ3n) is 3.11. The average Bonchev–Trinajstić information content (AvgIpc) is 2.36. The molecule has 0 saturated carbocycles. The molecule has 0 spiro atoms. The van der Waals surface area contributed by atoms with E-state index in [-0.39, 0.29) is 11.8 Å². The average molecular weight is 264 g/mol. The Kier molecular flexibility index (Phi) is 5.76. The van der Waals surface area contributed by atoms with Crippen LogP contribution in [0.5, 0.6) is 5.75 Å². The van der Waals surface area contributed by atoms with E-state index in [0.717, 1.165) is 36.8 Å². The van der Waals surface area contributed by atoms with Gasteiger partial charge in [-0.15, -0.1) is 0 Å². The number of hydrogen-bond acceptors (Lipinski definition) is 4. The van der Waals surface area contributed by atoms with Gasteiger partial charge in [-0.05, 0) is 13.5 Å². The first-order chi connectivity index (χ1) is 8.96. The van der Waals surface area contributed by atoms with E-state index in [2.05, 4.69) is 16.8 Å². The molecule has 0 saturated heterocycles. The second-order valence-corrected chi connectivity index (χ2v) is 4.82. The van der Waals surface area contributed by atoms with Crippen LogP contribution >= 0.6 is 0 Å². The first-order valence-electron chi connectivity index (χ1n) is 6.54. The molecule has 0 amide bonds. The van der Waals surface area contributed by atoms with Crippen LogP contribution in [0.15, 0.2) is 12.1 Å². The van der Waals surface area contributed by atoms with Gasteiger partial charge in [-0.2, -0.15) is 0 Å². The number of nitrogens with zero attached hydrogens (tertiary/aromatic N) is 2. The molecule has 5 nitrogen and oxygen atoms in total. The lowest BCUT2D eigenvalue weighted by molar-refractivity contribution is 0.259. The zero-order valence-electron chi connectivity index (χ0n) is 12.2. The summed E-state index contributed by atoms with van der Waals surface area (Å²) in [5.41, 5.74) is 7.45. The van der Waals surface area contributed by atoms with Gasteiger partial charge in [0.25, 0.3) is 0 Å². The second-order valence-electron chi connectivity index (χ2n) is 4.82. The Balaban J connectivity index is 2.75. The van der Waals surface area contributed by atoms with Crippen LogP contribution in [0.2, 0.25) is 0 Å². The highest BCUT2D eigenvalue weighted by Gasteiger charge is 2.12. The van der Waals surface area contributed by atoms with Crippen molar-refractivity contribution in [2.75, 3.05) is 20.2 Å². The molecule has 19 heavy (non-hydrogen) atoms. The van der Waals surface area contributed by atoms with E-state index in [1.165, 1.54) is 0 Å². The normalized spacial score (nSPS) is 12.5. The lowest BCUT2D eigenvalue weighted by atomic mass is 10.1. The summed E-state index contributed by atoms with van der Waals surface area (Å²) in [6.07, 6.45) is 0. The minimum atomic E-state index is 0.0617. The minimum absolute atomic E-state index is 0.0617. The Morgan fingerprint density at radius 2 is 2.21 bits per heavy atom. The molecular formula is C14H24N4O. The topological polar surface area (TPSA) is 75.2 Å².